The van der Waals surface area contributed by atoms with Gasteiger partial charge in [0.15, 0.2) is 11.8 Å². The van der Waals surface area contributed by atoms with Crippen LogP contribution >= 0.6 is 0 Å². The standard InChI is InChI=1S/C19H18F3N3O3/c1-18(2)13-5-3-4-11(16(26)24-27)12(13)9-25(18)17-23-14-7-6-10(19(20,21)22)8-15(14)28-17/h3-8,16,24,26-27H,9H2,1-2H3. The maximum absolute atomic E-state index is 13.0. The second kappa shape index (κ2) is 6.20. The first-order chi connectivity index (χ1) is 13.1. The van der Waals surface area contributed by atoms with Crippen molar-refractivity contribution in [2.75, 3.05) is 4.90 Å². The van der Waals surface area contributed by atoms with E-state index in [-0.39, 0.29) is 11.6 Å². The summed E-state index contributed by atoms with van der Waals surface area (Å²) in [5.74, 6) is 0. The molecule has 3 N–H and O–H groups in total. The molecule has 0 aliphatic carbocycles. The van der Waals surface area contributed by atoms with Gasteiger partial charge in [0.2, 0.25) is 0 Å². The van der Waals surface area contributed by atoms with Crippen LogP contribution in [0.5, 0.6) is 0 Å². The lowest BCUT2D eigenvalue weighted by molar-refractivity contribution is -0.137. The van der Waals surface area contributed by atoms with E-state index in [0.29, 0.717) is 17.6 Å². The molecule has 0 saturated carbocycles. The molecule has 1 aromatic heterocycles. The number of benzene rings is 2. The Morgan fingerprint density at radius 1 is 1.25 bits per heavy atom. The lowest BCUT2D eigenvalue weighted by Crippen LogP contribution is -2.35. The van der Waals surface area contributed by atoms with Crippen LogP contribution in [0.1, 0.15) is 42.3 Å². The Morgan fingerprint density at radius 3 is 2.68 bits per heavy atom. The van der Waals surface area contributed by atoms with Gasteiger partial charge in [-0.15, -0.1) is 0 Å². The van der Waals surface area contributed by atoms with Crippen LogP contribution in [0.15, 0.2) is 40.8 Å². The SMILES string of the molecule is CC1(C)c2cccc(C(O)NO)c2CN1c1nc2ccc(C(F)(F)F)cc2o1. The number of halogens is 3. The van der Waals surface area contributed by atoms with Crippen LogP contribution in [0.25, 0.3) is 11.1 Å². The van der Waals surface area contributed by atoms with Gasteiger partial charge in [-0.2, -0.15) is 23.6 Å². The molecule has 0 saturated heterocycles. The number of anilines is 1. The molecular formula is C19H18F3N3O3. The largest absolute Gasteiger partial charge is 0.423 e. The number of fused-ring (bicyclic) bond motifs is 2. The highest BCUT2D eigenvalue weighted by atomic mass is 19.4. The van der Waals surface area contributed by atoms with Crippen molar-refractivity contribution in [1.82, 2.24) is 10.5 Å². The summed E-state index contributed by atoms with van der Waals surface area (Å²) in [5, 5.41) is 19.1. The van der Waals surface area contributed by atoms with Gasteiger partial charge in [0.1, 0.15) is 5.52 Å². The van der Waals surface area contributed by atoms with Crippen molar-refractivity contribution in [2.24, 2.45) is 0 Å². The molecule has 1 atom stereocenters. The van der Waals surface area contributed by atoms with Gasteiger partial charge in [0.25, 0.3) is 6.01 Å². The van der Waals surface area contributed by atoms with Crippen molar-refractivity contribution in [3.8, 4) is 0 Å². The van der Waals surface area contributed by atoms with Gasteiger partial charge in [-0.3, -0.25) is 0 Å². The average molecular weight is 393 g/mol. The highest BCUT2D eigenvalue weighted by Gasteiger charge is 2.41. The van der Waals surface area contributed by atoms with Crippen molar-refractivity contribution < 1.29 is 27.9 Å². The van der Waals surface area contributed by atoms with Gasteiger partial charge >= 0.3 is 6.18 Å². The molecule has 6 nitrogen and oxygen atoms in total. The van der Waals surface area contributed by atoms with Crippen LogP contribution < -0.4 is 10.4 Å². The Balaban J connectivity index is 1.78. The first-order valence-corrected chi connectivity index (χ1v) is 8.58. The van der Waals surface area contributed by atoms with E-state index >= 15 is 0 Å². The van der Waals surface area contributed by atoms with Gasteiger partial charge in [0.05, 0.1) is 11.1 Å². The lowest BCUT2D eigenvalue weighted by atomic mass is 9.91. The summed E-state index contributed by atoms with van der Waals surface area (Å²) in [6.07, 6.45) is -5.73. The molecular weight excluding hydrogens is 375 g/mol. The Kier molecular flexibility index (Phi) is 4.14. The molecule has 0 radical (unpaired) electrons. The minimum atomic E-state index is -4.47. The van der Waals surface area contributed by atoms with Crippen LogP contribution in [-0.4, -0.2) is 15.3 Å². The Morgan fingerprint density at radius 2 is 2.00 bits per heavy atom. The molecule has 148 valence electrons. The molecule has 1 aliphatic heterocycles. The van der Waals surface area contributed by atoms with E-state index < -0.39 is 23.5 Å². The zero-order valence-electron chi connectivity index (χ0n) is 15.1. The van der Waals surface area contributed by atoms with Crippen LogP contribution in [0.3, 0.4) is 0 Å². The monoisotopic (exact) mass is 393 g/mol. The number of rotatable bonds is 3. The quantitative estimate of drug-likeness (QED) is 0.460. The highest BCUT2D eigenvalue weighted by molar-refractivity contribution is 5.76. The fourth-order valence-electron chi connectivity index (χ4n) is 3.69. The number of hydrogen-bond donors (Lipinski definition) is 3. The maximum atomic E-state index is 13.0. The van der Waals surface area contributed by atoms with Crippen molar-refractivity contribution in [2.45, 2.75) is 38.3 Å². The molecule has 4 rings (SSSR count). The van der Waals surface area contributed by atoms with Crippen LogP contribution in [0.4, 0.5) is 19.2 Å². The highest BCUT2D eigenvalue weighted by Crippen LogP contribution is 2.44. The van der Waals surface area contributed by atoms with Crippen LogP contribution in [-0.2, 0) is 18.3 Å². The molecule has 0 spiro atoms. The number of nitrogens with zero attached hydrogens (tertiary/aromatic N) is 2. The van der Waals surface area contributed by atoms with Crippen molar-refractivity contribution >= 4 is 17.1 Å². The second-order valence-electron chi connectivity index (χ2n) is 7.23. The number of hydrogen-bond acceptors (Lipinski definition) is 6. The van der Waals surface area contributed by atoms with Crippen LogP contribution in [0, 0.1) is 0 Å². The molecule has 1 unspecified atom stereocenters. The maximum Gasteiger partial charge on any atom is 0.416 e. The molecule has 0 fully saturated rings. The number of aliphatic hydroxyl groups is 1. The third-order valence-electron chi connectivity index (χ3n) is 5.21. The lowest BCUT2D eigenvalue weighted by Gasteiger charge is -2.30. The summed E-state index contributed by atoms with van der Waals surface area (Å²) < 4.78 is 44.5. The van der Waals surface area contributed by atoms with E-state index in [4.69, 9.17) is 9.62 Å². The number of oxazole rings is 1. The summed E-state index contributed by atoms with van der Waals surface area (Å²) in [4.78, 5) is 6.17. The van der Waals surface area contributed by atoms with Crippen LogP contribution in [0.2, 0.25) is 0 Å². The topological polar surface area (TPSA) is 81.8 Å². The van der Waals surface area contributed by atoms with Gasteiger partial charge in [-0.1, -0.05) is 18.2 Å². The summed E-state index contributed by atoms with van der Waals surface area (Å²) >= 11 is 0. The fraction of sp³-hybridized carbons (Fsp3) is 0.316. The third-order valence-corrected chi connectivity index (χ3v) is 5.21. The minimum Gasteiger partial charge on any atom is -0.423 e. The predicted molar refractivity (Wildman–Crippen MR) is 94.5 cm³/mol. The fourth-order valence-corrected chi connectivity index (χ4v) is 3.69. The molecule has 2 aromatic carbocycles. The molecule has 0 bridgehead atoms. The second-order valence-corrected chi connectivity index (χ2v) is 7.23. The van der Waals surface area contributed by atoms with E-state index in [0.717, 1.165) is 23.3 Å². The van der Waals surface area contributed by atoms with Crippen molar-refractivity contribution in [1.29, 1.82) is 0 Å². The van der Waals surface area contributed by atoms with E-state index in [2.05, 4.69) is 4.98 Å². The van der Waals surface area contributed by atoms with Gasteiger partial charge in [-0.05, 0) is 43.2 Å². The zero-order valence-corrected chi connectivity index (χ0v) is 15.1. The number of hydroxylamine groups is 1. The van der Waals surface area contributed by atoms with Gasteiger partial charge in [0, 0.05) is 12.1 Å². The first kappa shape index (κ1) is 18.7. The van der Waals surface area contributed by atoms with Gasteiger partial charge < -0.3 is 19.6 Å². The normalized spacial score (nSPS) is 17.2. The average Bonchev–Trinajstić information content (AvgIpc) is 3.17. The summed E-state index contributed by atoms with van der Waals surface area (Å²) in [6, 6.07) is 8.73. The number of aliphatic hydroxyl groups excluding tert-OH is 1. The number of alkyl halides is 3. The van der Waals surface area contributed by atoms with Crippen molar-refractivity contribution in [3.63, 3.8) is 0 Å². The molecule has 3 aromatic rings. The summed E-state index contributed by atoms with van der Waals surface area (Å²) in [6.45, 7) is 4.17. The Labute approximate surface area is 158 Å². The summed E-state index contributed by atoms with van der Waals surface area (Å²) in [5.41, 5.74) is 3.01. The van der Waals surface area contributed by atoms with E-state index in [1.54, 1.807) is 12.1 Å². The molecule has 1 aliphatic rings. The molecule has 28 heavy (non-hydrogen) atoms. The Hall–Kier alpha value is -2.62. The van der Waals surface area contributed by atoms with Crippen molar-refractivity contribution in [3.05, 3.63) is 58.7 Å². The number of aromatic nitrogens is 1. The molecule has 2 heterocycles. The third kappa shape index (κ3) is 2.83. The molecule has 9 heteroatoms. The molecule has 0 amide bonds. The van der Waals surface area contributed by atoms with Gasteiger partial charge in [-0.25, -0.2) is 0 Å². The summed E-state index contributed by atoms with van der Waals surface area (Å²) in [7, 11) is 0. The Bertz CT molecular complexity index is 1050. The minimum absolute atomic E-state index is 0.0499. The van der Waals surface area contributed by atoms with E-state index in [9.17, 15) is 18.3 Å². The first-order valence-electron chi connectivity index (χ1n) is 8.58. The predicted octanol–water partition coefficient (Wildman–Crippen LogP) is 4.07. The smallest absolute Gasteiger partial charge is 0.416 e. The van der Waals surface area contributed by atoms with E-state index in [1.807, 2.05) is 30.3 Å². The number of nitrogens with one attached hydrogen (secondary N) is 1. The van der Waals surface area contributed by atoms with E-state index in [1.165, 1.54) is 6.07 Å². The zero-order chi connectivity index (χ0) is 20.3.